The molecule has 0 heterocycles. The maximum absolute atomic E-state index is 15.6. The number of Topliss-reactive ketones (excluding diaryl/α,β-unsaturated/α-hetero) is 2. The molecule has 2 aromatic carbocycles. The monoisotopic (exact) mass is 522 g/mol. The first-order valence-corrected chi connectivity index (χ1v) is 12.3. The van der Waals surface area contributed by atoms with Crippen molar-refractivity contribution in [1.29, 1.82) is 0 Å². The van der Waals surface area contributed by atoms with Gasteiger partial charge in [0.15, 0.2) is 11.4 Å². The molecule has 0 aromatic heterocycles. The van der Waals surface area contributed by atoms with E-state index in [1.807, 2.05) is 30.3 Å². The molecular formula is C28H27FN2O7. The molecule has 9 nitrogen and oxygen atoms in total. The molecule has 2 aromatic rings. The number of aliphatic hydroxyl groups is 3. The van der Waals surface area contributed by atoms with E-state index >= 15 is 4.39 Å². The Kier molecular flexibility index (Phi) is 6.32. The van der Waals surface area contributed by atoms with Gasteiger partial charge in [0, 0.05) is 35.6 Å². The summed E-state index contributed by atoms with van der Waals surface area (Å²) < 4.78 is 15.6. The van der Waals surface area contributed by atoms with Crippen LogP contribution in [0.2, 0.25) is 0 Å². The molecule has 198 valence electrons. The van der Waals surface area contributed by atoms with Gasteiger partial charge in [0.05, 0.1) is 5.56 Å². The van der Waals surface area contributed by atoms with Crippen molar-refractivity contribution in [3.05, 3.63) is 87.1 Å². The van der Waals surface area contributed by atoms with Crippen LogP contribution in [-0.4, -0.2) is 50.0 Å². The number of phenolic OH excluding ortho intramolecular Hbond substituents is 1. The molecule has 7 N–H and O–H groups in total. The van der Waals surface area contributed by atoms with Gasteiger partial charge in [-0.1, -0.05) is 30.3 Å². The predicted molar refractivity (Wildman–Crippen MR) is 133 cm³/mol. The highest BCUT2D eigenvalue weighted by atomic mass is 19.1. The number of fused-ring (bicyclic) bond motifs is 3. The summed E-state index contributed by atoms with van der Waals surface area (Å²) in [5.41, 5.74) is 2.31. The lowest BCUT2D eigenvalue weighted by atomic mass is 9.60. The van der Waals surface area contributed by atoms with Crippen molar-refractivity contribution < 1.29 is 39.2 Å². The first kappa shape index (κ1) is 25.6. The molecule has 0 saturated heterocycles. The highest BCUT2D eigenvalue weighted by molar-refractivity contribution is 6.24. The fourth-order valence-corrected chi connectivity index (χ4v) is 5.95. The number of allylic oxidation sites excluding steroid dienone is 2. The lowest BCUT2D eigenvalue weighted by Gasteiger charge is -2.45. The number of halogens is 1. The third-order valence-electron chi connectivity index (χ3n) is 7.82. The summed E-state index contributed by atoms with van der Waals surface area (Å²) >= 11 is 0. The van der Waals surface area contributed by atoms with E-state index in [0.717, 1.165) is 18.1 Å². The number of amides is 1. The average molecular weight is 523 g/mol. The van der Waals surface area contributed by atoms with Crippen molar-refractivity contribution in [1.82, 2.24) is 5.32 Å². The van der Waals surface area contributed by atoms with Crippen LogP contribution in [-0.2, 0) is 29.0 Å². The van der Waals surface area contributed by atoms with Gasteiger partial charge in [-0.25, -0.2) is 4.39 Å². The molecule has 0 radical (unpaired) electrons. The highest BCUT2D eigenvalue weighted by Crippen LogP contribution is 2.51. The molecule has 3 aliphatic rings. The van der Waals surface area contributed by atoms with E-state index in [1.165, 1.54) is 0 Å². The summed E-state index contributed by atoms with van der Waals surface area (Å²) in [5.74, 6) is -8.04. The summed E-state index contributed by atoms with van der Waals surface area (Å²) in [6, 6.07) is 10.9. The summed E-state index contributed by atoms with van der Waals surface area (Å²) in [6.45, 7) is 0.667. The minimum atomic E-state index is -2.65. The number of hydrogen-bond donors (Lipinski definition) is 6. The van der Waals surface area contributed by atoms with Gasteiger partial charge in [0.2, 0.25) is 5.78 Å². The Hall–Kier alpha value is -4.02. The molecule has 1 amide bonds. The largest absolute Gasteiger partial charge is 0.511 e. The van der Waals surface area contributed by atoms with Gasteiger partial charge in [-0.2, -0.15) is 0 Å². The normalized spacial score (nSPS) is 24.7. The number of hydrogen-bond acceptors (Lipinski definition) is 8. The van der Waals surface area contributed by atoms with Crippen LogP contribution in [0.15, 0.2) is 59.1 Å². The molecule has 0 spiro atoms. The molecule has 1 unspecified atom stereocenters. The van der Waals surface area contributed by atoms with Gasteiger partial charge in [0.1, 0.15) is 28.7 Å². The standard InChI is InChI=1S/C28H27FN2O7/c29-23-15(12-31-7-6-13-4-2-1-3-5-13)10-18(32)21-17(23)9-14-8-16-11-19(33)22(27(30)37)26(36)28(16,38)25(35)20(14)24(21)34/h1-5,10,14,16,31-33,35,38H,6-9,11-12H2,(H2,30,37)/t14?,16-,28-/m0/s1. The number of rotatable bonds is 6. The maximum atomic E-state index is 15.6. The molecule has 0 aliphatic heterocycles. The molecule has 0 fully saturated rings. The van der Waals surface area contributed by atoms with Crippen molar-refractivity contribution in [3.8, 4) is 5.75 Å². The Labute approximate surface area is 217 Å². The number of aromatic hydroxyl groups is 1. The minimum absolute atomic E-state index is 0.0124. The summed E-state index contributed by atoms with van der Waals surface area (Å²) in [4.78, 5) is 38.1. The van der Waals surface area contributed by atoms with Gasteiger partial charge in [-0.15, -0.1) is 0 Å². The molecule has 38 heavy (non-hydrogen) atoms. The number of aliphatic hydroxyl groups excluding tert-OH is 2. The molecule has 3 aliphatic carbocycles. The second kappa shape index (κ2) is 9.38. The number of carbonyl (C=O) groups excluding carboxylic acids is 3. The second-order valence-electron chi connectivity index (χ2n) is 10.0. The number of primary amides is 1. The average Bonchev–Trinajstić information content (AvgIpc) is 2.87. The summed E-state index contributed by atoms with van der Waals surface area (Å²) in [6.07, 6.45) is 0.248. The van der Waals surface area contributed by atoms with Gasteiger partial charge in [-0.3, -0.25) is 14.4 Å². The summed E-state index contributed by atoms with van der Waals surface area (Å²) in [5, 5.41) is 46.3. The minimum Gasteiger partial charge on any atom is -0.511 e. The maximum Gasteiger partial charge on any atom is 0.255 e. The van der Waals surface area contributed by atoms with Gasteiger partial charge >= 0.3 is 0 Å². The smallest absolute Gasteiger partial charge is 0.255 e. The van der Waals surface area contributed by atoms with Crippen molar-refractivity contribution in [2.24, 2.45) is 17.6 Å². The van der Waals surface area contributed by atoms with Crippen molar-refractivity contribution in [2.75, 3.05) is 6.54 Å². The predicted octanol–water partition coefficient (Wildman–Crippen LogP) is 2.05. The number of ketones is 2. The zero-order valence-corrected chi connectivity index (χ0v) is 20.3. The molecule has 0 saturated carbocycles. The van der Waals surface area contributed by atoms with Gasteiger partial charge in [0.25, 0.3) is 5.91 Å². The number of carbonyl (C=O) groups is 3. The number of nitrogens with one attached hydrogen (secondary N) is 1. The zero-order chi connectivity index (χ0) is 27.4. The second-order valence-corrected chi connectivity index (χ2v) is 10.0. The van der Waals surface area contributed by atoms with Crippen LogP contribution in [0.5, 0.6) is 5.75 Å². The third-order valence-corrected chi connectivity index (χ3v) is 7.82. The Balaban J connectivity index is 1.45. The van der Waals surface area contributed by atoms with Crippen molar-refractivity contribution in [3.63, 3.8) is 0 Å². The topological polar surface area (TPSA) is 170 Å². The molecule has 5 rings (SSSR count). The number of nitrogens with two attached hydrogens (primary N) is 1. The van der Waals surface area contributed by atoms with Gasteiger partial charge < -0.3 is 31.5 Å². The Morgan fingerprint density at radius 3 is 2.53 bits per heavy atom. The van der Waals surface area contributed by atoms with Crippen LogP contribution < -0.4 is 11.1 Å². The fraction of sp³-hybridized carbons (Fsp3) is 0.321. The van der Waals surface area contributed by atoms with Crippen LogP contribution in [0, 0.1) is 17.7 Å². The Morgan fingerprint density at radius 2 is 1.84 bits per heavy atom. The quantitative estimate of drug-likeness (QED) is 0.247. The SMILES string of the molecule is NC(=O)C1=C(O)C[C@@H]2CC3Cc4c(F)c(CNCCc5ccccc5)cc(O)c4C(=O)C3=C(O)[C@]2(O)C1=O. The van der Waals surface area contributed by atoms with E-state index in [0.29, 0.717) is 6.54 Å². The van der Waals surface area contributed by atoms with E-state index in [2.05, 4.69) is 5.32 Å². The van der Waals surface area contributed by atoms with Crippen LogP contribution in [0.4, 0.5) is 4.39 Å². The highest BCUT2D eigenvalue weighted by Gasteiger charge is 2.59. The third kappa shape index (κ3) is 3.88. The zero-order valence-electron chi connectivity index (χ0n) is 20.3. The molecular weight excluding hydrogens is 495 g/mol. The van der Waals surface area contributed by atoms with Crippen molar-refractivity contribution in [2.45, 2.75) is 37.8 Å². The van der Waals surface area contributed by atoms with Crippen LogP contribution >= 0.6 is 0 Å². The van der Waals surface area contributed by atoms with E-state index < -0.39 is 63.6 Å². The Morgan fingerprint density at radius 1 is 1.13 bits per heavy atom. The fourth-order valence-electron chi connectivity index (χ4n) is 5.95. The van der Waals surface area contributed by atoms with E-state index in [4.69, 9.17) is 5.73 Å². The first-order valence-electron chi connectivity index (χ1n) is 12.3. The van der Waals surface area contributed by atoms with E-state index in [-0.39, 0.29) is 48.1 Å². The van der Waals surface area contributed by atoms with E-state index in [9.17, 15) is 34.8 Å². The number of benzene rings is 2. The number of phenols is 1. The van der Waals surface area contributed by atoms with Crippen LogP contribution in [0.25, 0.3) is 0 Å². The molecule has 0 bridgehead atoms. The van der Waals surface area contributed by atoms with E-state index in [1.54, 1.807) is 0 Å². The molecule has 3 atom stereocenters. The van der Waals surface area contributed by atoms with Crippen LogP contribution in [0.1, 0.15) is 39.9 Å². The van der Waals surface area contributed by atoms with Crippen LogP contribution in [0.3, 0.4) is 0 Å². The van der Waals surface area contributed by atoms with Gasteiger partial charge in [-0.05, 0) is 43.4 Å². The first-order chi connectivity index (χ1) is 18.1. The van der Waals surface area contributed by atoms with Crippen molar-refractivity contribution >= 4 is 17.5 Å². The lowest BCUT2D eigenvalue weighted by Crippen LogP contribution is -2.57. The lowest BCUT2D eigenvalue weighted by molar-refractivity contribution is -0.144. The molecule has 10 heteroatoms. The Bertz CT molecular complexity index is 1430. The summed E-state index contributed by atoms with van der Waals surface area (Å²) in [7, 11) is 0.